The number of hydrogen-bond acceptors (Lipinski definition) is 5. The fourth-order valence-corrected chi connectivity index (χ4v) is 5.18. The van der Waals surface area contributed by atoms with Crippen LogP contribution in [-0.2, 0) is 25.3 Å². The zero-order valence-corrected chi connectivity index (χ0v) is 16.8. The average molecular weight is 414 g/mol. The van der Waals surface area contributed by atoms with Crippen LogP contribution in [0.1, 0.15) is 18.4 Å². The number of hydrogen-bond donors (Lipinski definition) is 1. The summed E-state index contributed by atoms with van der Waals surface area (Å²) in [4.78, 5) is 14.6. The molecule has 0 atom stereocenters. The summed E-state index contributed by atoms with van der Waals surface area (Å²) in [5, 5.41) is 2.96. The lowest BCUT2D eigenvalue weighted by Crippen LogP contribution is -2.45. The Balaban J connectivity index is 1.43. The number of amides is 1. The summed E-state index contributed by atoms with van der Waals surface area (Å²) in [6.45, 7) is 5.19. The number of piperidine rings is 1. The van der Waals surface area contributed by atoms with E-state index in [4.69, 9.17) is 4.74 Å². The van der Waals surface area contributed by atoms with Gasteiger partial charge in [0.25, 0.3) is 0 Å². The molecule has 2 aliphatic rings. The van der Waals surface area contributed by atoms with Crippen LogP contribution in [-0.4, -0.2) is 76.0 Å². The summed E-state index contributed by atoms with van der Waals surface area (Å²) in [5.74, 6) is -1.06. The molecule has 0 unspecified atom stereocenters. The minimum Gasteiger partial charge on any atom is -0.379 e. The van der Waals surface area contributed by atoms with Crippen LogP contribution >= 0.6 is 0 Å². The zero-order chi connectivity index (χ0) is 20.0. The number of nitrogens with one attached hydrogen (secondary N) is 1. The summed E-state index contributed by atoms with van der Waals surface area (Å²) in [5.41, 5.74) is 0.172. The normalized spacial score (nSPS) is 20.2. The standard InChI is InChI=1S/C19H28FN3O4S/c20-18-4-2-1-3-17(18)15-28(25,26)23-8-5-16(6-9-23)19(24)21-7-10-22-11-13-27-14-12-22/h1-4,16H,5-15H2,(H,21,24). The van der Waals surface area contributed by atoms with E-state index in [1.54, 1.807) is 6.07 Å². The minimum atomic E-state index is -3.60. The summed E-state index contributed by atoms with van der Waals surface area (Å²) in [7, 11) is -3.60. The van der Waals surface area contributed by atoms with Crippen molar-refractivity contribution in [1.29, 1.82) is 0 Å². The third kappa shape index (κ3) is 5.73. The van der Waals surface area contributed by atoms with E-state index in [2.05, 4.69) is 10.2 Å². The van der Waals surface area contributed by atoms with Crippen molar-refractivity contribution in [2.45, 2.75) is 18.6 Å². The number of carbonyl (C=O) groups excluding carboxylic acids is 1. The third-order valence-electron chi connectivity index (χ3n) is 5.34. The molecule has 0 aliphatic carbocycles. The highest BCUT2D eigenvalue weighted by atomic mass is 32.2. The molecule has 156 valence electrons. The molecule has 1 aromatic carbocycles. The van der Waals surface area contributed by atoms with Crippen molar-refractivity contribution in [3.05, 3.63) is 35.6 Å². The lowest BCUT2D eigenvalue weighted by atomic mass is 9.97. The molecule has 0 radical (unpaired) electrons. The van der Waals surface area contributed by atoms with Crippen molar-refractivity contribution in [1.82, 2.24) is 14.5 Å². The fraction of sp³-hybridized carbons (Fsp3) is 0.632. The fourth-order valence-electron chi connectivity index (χ4n) is 3.61. The number of halogens is 1. The first-order valence-corrected chi connectivity index (χ1v) is 11.4. The molecule has 0 aromatic heterocycles. The van der Waals surface area contributed by atoms with E-state index in [1.165, 1.54) is 22.5 Å². The van der Waals surface area contributed by atoms with Crippen LogP contribution in [0.3, 0.4) is 0 Å². The summed E-state index contributed by atoms with van der Waals surface area (Å²) in [6.07, 6.45) is 0.972. The second-order valence-corrected chi connectivity index (χ2v) is 9.23. The van der Waals surface area contributed by atoms with Gasteiger partial charge >= 0.3 is 0 Å². The summed E-state index contributed by atoms with van der Waals surface area (Å²) in [6, 6.07) is 5.91. The van der Waals surface area contributed by atoms with E-state index in [1.807, 2.05) is 0 Å². The maximum atomic E-state index is 13.8. The Kier molecular flexibility index (Phi) is 7.39. The van der Waals surface area contributed by atoms with E-state index in [9.17, 15) is 17.6 Å². The topological polar surface area (TPSA) is 79.0 Å². The Morgan fingerprint density at radius 1 is 1.14 bits per heavy atom. The first-order chi connectivity index (χ1) is 13.5. The van der Waals surface area contributed by atoms with Crippen molar-refractivity contribution in [2.75, 3.05) is 52.5 Å². The van der Waals surface area contributed by atoms with Crippen LogP contribution in [0.25, 0.3) is 0 Å². The first-order valence-electron chi connectivity index (χ1n) is 9.75. The van der Waals surface area contributed by atoms with Gasteiger partial charge in [0, 0.05) is 50.7 Å². The van der Waals surface area contributed by atoms with E-state index in [0.717, 1.165) is 32.8 Å². The van der Waals surface area contributed by atoms with Crippen molar-refractivity contribution in [3.8, 4) is 0 Å². The van der Waals surface area contributed by atoms with Gasteiger partial charge in [0.05, 0.1) is 19.0 Å². The predicted octanol–water partition coefficient (Wildman–Crippen LogP) is 0.816. The van der Waals surface area contributed by atoms with Gasteiger partial charge in [0.2, 0.25) is 15.9 Å². The summed E-state index contributed by atoms with van der Waals surface area (Å²) >= 11 is 0. The number of rotatable bonds is 7. The van der Waals surface area contributed by atoms with E-state index >= 15 is 0 Å². The van der Waals surface area contributed by atoms with Crippen LogP contribution in [0, 0.1) is 11.7 Å². The summed E-state index contributed by atoms with van der Waals surface area (Å²) < 4.78 is 45.6. The Labute approximate surface area is 165 Å². The molecule has 2 fully saturated rings. The highest BCUT2D eigenvalue weighted by Gasteiger charge is 2.31. The Morgan fingerprint density at radius 2 is 1.82 bits per heavy atom. The number of morpholine rings is 1. The van der Waals surface area contributed by atoms with Gasteiger partial charge in [0.1, 0.15) is 5.82 Å². The Bertz CT molecular complexity index is 760. The van der Waals surface area contributed by atoms with E-state index in [-0.39, 0.29) is 23.1 Å². The molecule has 0 saturated carbocycles. The van der Waals surface area contributed by atoms with Gasteiger partial charge < -0.3 is 10.1 Å². The molecule has 1 amide bonds. The largest absolute Gasteiger partial charge is 0.379 e. The maximum absolute atomic E-state index is 13.8. The quantitative estimate of drug-likeness (QED) is 0.716. The Hall–Kier alpha value is -1.55. The van der Waals surface area contributed by atoms with Crippen LogP contribution in [0.15, 0.2) is 24.3 Å². The van der Waals surface area contributed by atoms with Gasteiger partial charge in [-0.3, -0.25) is 9.69 Å². The molecule has 2 saturated heterocycles. The predicted molar refractivity (Wildman–Crippen MR) is 104 cm³/mol. The smallest absolute Gasteiger partial charge is 0.223 e. The molecule has 3 rings (SSSR count). The van der Waals surface area contributed by atoms with Crippen LogP contribution in [0.2, 0.25) is 0 Å². The molecule has 9 heteroatoms. The van der Waals surface area contributed by atoms with Crippen LogP contribution < -0.4 is 5.32 Å². The molecule has 2 heterocycles. The molecule has 28 heavy (non-hydrogen) atoms. The number of ether oxygens (including phenoxy) is 1. The molecule has 1 N–H and O–H groups in total. The molecule has 0 spiro atoms. The highest BCUT2D eigenvalue weighted by molar-refractivity contribution is 7.88. The monoisotopic (exact) mass is 413 g/mol. The SMILES string of the molecule is O=C(NCCN1CCOCC1)C1CCN(S(=O)(=O)Cc2ccccc2F)CC1. The number of nitrogens with zero attached hydrogens (tertiary/aromatic N) is 2. The van der Waals surface area contributed by atoms with Crippen molar-refractivity contribution >= 4 is 15.9 Å². The van der Waals surface area contributed by atoms with Crippen molar-refractivity contribution in [3.63, 3.8) is 0 Å². The van der Waals surface area contributed by atoms with Crippen molar-refractivity contribution in [2.24, 2.45) is 5.92 Å². The second kappa shape index (κ2) is 9.78. The van der Waals surface area contributed by atoms with E-state index in [0.29, 0.717) is 32.5 Å². The highest BCUT2D eigenvalue weighted by Crippen LogP contribution is 2.22. The number of carbonyl (C=O) groups is 1. The number of sulfonamides is 1. The molecule has 7 nitrogen and oxygen atoms in total. The lowest BCUT2D eigenvalue weighted by Gasteiger charge is -2.31. The van der Waals surface area contributed by atoms with Crippen LogP contribution in [0.4, 0.5) is 4.39 Å². The van der Waals surface area contributed by atoms with Gasteiger partial charge in [0.15, 0.2) is 0 Å². The zero-order valence-electron chi connectivity index (χ0n) is 16.0. The maximum Gasteiger partial charge on any atom is 0.223 e. The van der Waals surface area contributed by atoms with Crippen LogP contribution in [0.5, 0.6) is 0 Å². The second-order valence-electron chi connectivity index (χ2n) is 7.27. The number of benzene rings is 1. The average Bonchev–Trinajstić information content (AvgIpc) is 2.70. The minimum absolute atomic E-state index is 0.0144. The van der Waals surface area contributed by atoms with Gasteiger partial charge in [-0.15, -0.1) is 0 Å². The van der Waals surface area contributed by atoms with Gasteiger partial charge in [-0.25, -0.2) is 17.1 Å². The van der Waals surface area contributed by atoms with Gasteiger partial charge in [-0.05, 0) is 18.9 Å². The lowest BCUT2D eigenvalue weighted by molar-refractivity contribution is -0.126. The first kappa shape index (κ1) is 21.2. The molecular formula is C19H28FN3O4S. The van der Waals surface area contributed by atoms with Crippen molar-refractivity contribution < 1.29 is 22.3 Å². The van der Waals surface area contributed by atoms with Gasteiger partial charge in [-0.2, -0.15) is 0 Å². The molecule has 0 bridgehead atoms. The molecule has 1 aromatic rings. The third-order valence-corrected chi connectivity index (χ3v) is 7.17. The molecule has 2 aliphatic heterocycles. The van der Waals surface area contributed by atoms with Gasteiger partial charge in [-0.1, -0.05) is 18.2 Å². The van der Waals surface area contributed by atoms with E-state index < -0.39 is 15.8 Å². The Morgan fingerprint density at radius 3 is 2.50 bits per heavy atom. The molecular weight excluding hydrogens is 385 g/mol.